The van der Waals surface area contributed by atoms with Gasteiger partial charge in [0.25, 0.3) is 0 Å². The molecule has 1 nitrogen and oxygen atoms in total. The van der Waals surface area contributed by atoms with Crippen LogP contribution in [-0.4, -0.2) is 13.2 Å². The average molecular weight is 180 g/mol. The number of hydrogen-bond acceptors (Lipinski definition) is 1. The molecule has 0 fully saturated rings. The Balaban J connectivity index is 0.000000671. The second-order valence-corrected chi connectivity index (χ2v) is 2.43. The van der Waals surface area contributed by atoms with Crippen LogP contribution in [0.1, 0.15) is 26.3 Å². The van der Waals surface area contributed by atoms with Gasteiger partial charge in [0.05, 0.1) is 6.61 Å². The normalized spacial score (nSPS) is 8.85. The predicted octanol–water partition coefficient (Wildman–Crippen LogP) is 3.29. The van der Waals surface area contributed by atoms with E-state index in [-0.39, 0.29) is 0 Å². The van der Waals surface area contributed by atoms with Crippen LogP contribution >= 0.6 is 0 Å². The molecule has 0 saturated heterocycles. The minimum Gasteiger partial charge on any atom is -0.381 e. The lowest BCUT2D eigenvalue weighted by Crippen LogP contribution is -1.96. The van der Waals surface area contributed by atoms with Gasteiger partial charge in [-0.3, -0.25) is 0 Å². The number of hydrogen-bond donors (Lipinski definition) is 0. The largest absolute Gasteiger partial charge is 0.381 e. The molecule has 0 bridgehead atoms. The minimum atomic E-state index is 0.812. The molecule has 0 aliphatic heterocycles. The maximum atomic E-state index is 5.24. The Kier molecular flexibility index (Phi) is 8.68. The molecule has 1 aromatic carbocycles. The van der Waals surface area contributed by atoms with Gasteiger partial charge in [-0.2, -0.15) is 0 Å². The molecule has 74 valence electrons. The molecule has 0 amide bonds. The average Bonchev–Trinajstić information content (AvgIpc) is 2.23. The molecule has 1 heteroatoms. The van der Waals surface area contributed by atoms with E-state index in [1.165, 1.54) is 5.56 Å². The summed E-state index contributed by atoms with van der Waals surface area (Å²) < 4.78 is 5.24. The summed E-state index contributed by atoms with van der Waals surface area (Å²) in [4.78, 5) is 0. The molecular weight excluding hydrogens is 160 g/mol. The first-order chi connectivity index (χ1) is 6.43. The van der Waals surface area contributed by atoms with E-state index < -0.39 is 0 Å². The fraction of sp³-hybridized carbons (Fsp3) is 0.500. The Labute approximate surface area is 81.7 Å². The maximum absolute atomic E-state index is 5.24. The second-order valence-electron chi connectivity index (χ2n) is 2.43. The standard InChI is InChI=1S/C10H14O.C2H6/c1-2-11-9-8-10-6-4-3-5-7-10;1-2/h3-7H,2,8-9H2,1H3;1-2H3. The second kappa shape index (κ2) is 9.27. The summed E-state index contributed by atoms with van der Waals surface area (Å²) in [6.07, 6.45) is 1.02. The lowest BCUT2D eigenvalue weighted by Gasteiger charge is -2.00. The number of rotatable bonds is 4. The van der Waals surface area contributed by atoms with Crippen molar-refractivity contribution in [2.24, 2.45) is 0 Å². The molecule has 0 aliphatic rings. The highest BCUT2D eigenvalue weighted by Gasteiger charge is 1.89. The van der Waals surface area contributed by atoms with Crippen molar-refractivity contribution in [2.45, 2.75) is 27.2 Å². The van der Waals surface area contributed by atoms with Crippen molar-refractivity contribution < 1.29 is 4.74 Å². The molecular formula is C12H20O. The molecule has 0 saturated carbocycles. The van der Waals surface area contributed by atoms with Crippen LogP contribution in [0.15, 0.2) is 30.3 Å². The van der Waals surface area contributed by atoms with Crippen LogP contribution in [0.5, 0.6) is 0 Å². The first-order valence-electron chi connectivity index (χ1n) is 5.05. The smallest absolute Gasteiger partial charge is 0.0506 e. The SMILES string of the molecule is CC.CCOCCc1ccccc1. The van der Waals surface area contributed by atoms with E-state index in [0.29, 0.717) is 0 Å². The van der Waals surface area contributed by atoms with Gasteiger partial charge in [-0.25, -0.2) is 0 Å². The summed E-state index contributed by atoms with van der Waals surface area (Å²) in [6.45, 7) is 7.67. The summed E-state index contributed by atoms with van der Waals surface area (Å²) in [5.74, 6) is 0. The van der Waals surface area contributed by atoms with Gasteiger partial charge in [0.2, 0.25) is 0 Å². The molecule has 0 spiro atoms. The third-order valence-electron chi connectivity index (χ3n) is 1.58. The summed E-state index contributed by atoms with van der Waals surface area (Å²) in [6, 6.07) is 10.4. The van der Waals surface area contributed by atoms with Gasteiger partial charge in [0, 0.05) is 6.61 Å². The summed E-state index contributed by atoms with van der Waals surface area (Å²) >= 11 is 0. The highest BCUT2D eigenvalue weighted by Crippen LogP contribution is 1.98. The third kappa shape index (κ3) is 6.35. The third-order valence-corrected chi connectivity index (χ3v) is 1.58. The van der Waals surface area contributed by atoms with Gasteiger partial charge in [-0.15, -0.1) is 0 Å². The Bertz CT molecular complexity index is 182. The molecule has 1 aromatic rings. The van der Waals surface area contributed by atoms with Crippen molar-refractivity contribution >= 4 is 0 Å². The van der Waals surface area contributed by atoms with Gasteiger partial charge in [-0.1, -0.05) is 44.2 Å². The van der Waals surface area contributed by atoms with E-state index in [1.54, 1.807) is 0 Å². The fourth-order valence-corrected chi connectivity index (χ4v) is 0.979. The van der Waals surface area contributed by atoms with Crippen LogP contribution in [0.3, 0.4) is 0 Å². The fourth-order valence-electron chi connectivity index (χ4n) is 0.979. The van der Waals surface area contributed by atoms with Crippen LogP contribution in [0.25, 0.3) is 0 Å². The summed E-state index contributed by atoms with van der Waals surface area (Å²) in [5.41, 5.74) is 1.35. The molecule has 13 heavy (non-hydrogen) atoms. The van der Waals surface area contributed by atoms with E-state index in [4.69, 9.17) is 4.74 Å². The predicted molar refractivity (Wildman–Crippen MR) is 58.0 cm³/mol. The zero-order valence-electron chi connectivity index (χ0n) is 8.92. The number of ether oxygens (including phenoxy) is 1. The van der Waals surface area contributed by atoms with Crippen molar-refractivity contribution in [3.05, 3.63) is 35.9 Å². The van der Waals surface area contributed by atoms with E-state index in [0.717, 1.165) is 19.6 Å². The molecule has 0 heterocycles. The highest BCUT2D eigenvalue weighted by molar-refractivity contribution is 5.14. The Morgan fingerprint density at radius 3 is 2.23 bits per heavy atom. The van der Waals surface area contributed by atoms with Gasteiger partial charge in [0.1, 0.15) is 0 Å². The van der Waals surface area contributed by atoms with E-state index in [9.17, 15) is 0 Å². The topological polar surface area (TPSA) is 9.23 Å². The van der Waals surface area contributed by atoms with Gasteiger partial charge in [0.15, 0.2) is 0 Å². The summed E-state index contributed by atoms with van der Waals surface area (Å²) in [5, 5.41) is 0. The van der Waals surface area contributed by atoms with E-state index in [2.05, 4.69) is 24.3 Å². The van der Waals surface area contributed by atoms with Gasteiger partial charge >= 0.3 is 0 Å². The lowest BCUT2D eigenvalue weighted by molar-refractivity contribution is 0.151. The first kappa shape index (κ1) is 12.2. The van der Waals surface area contributed by atoms with Crippen LogP contribution in [0.2, 0.25) is 0 Å². The van der Waals surface area contributed by atoms with Crippen molar-refractivity contribution in [3.63, 3.8) is 0 Å². The molecule has 0 aliphatic carbocycles. The van der Waals surface area contributed by atoms with Crippen molar-refractivity contribution in [2.75, 3.05) is 13.2 Å². The maximum Gasteiger partial charge on any atom is 0.0506 e. The zero-order valence-corrected chi connectivity index (χ0v) is 8.92. The highest BCUT2D eigenvalue weighted by atomic mass is 16.5. The zero-order chi connectivity index (χ0) is 9.94. The van der Waals surface area contributed by atoms with Crippen molar-refractivity contribution in [1.29, 1.82) is 0 Å². The van der Waals surface area contributed by atoms with E-state index in [1.807, 2.05) is 26.8 Å². The van der Waals surface area contributed by atoms with Crippen molar-refractivity contribution in [3.8, 4) is 0 Å². The van der Waals surface area contributed by atoms with Crippen LogP contribution in [-0.2, 0) is 11.2 Å². The first-order valence-corrected chi connectivity index (χ1v) is 5.05. The molecule has 0 radical (unpaired) electrons. The Morgan fingerprint density at radius 1 is 1.08 bits per heavy atom. The van der Waals surface area contributed by atoms with Crippen LogP contribution in [0.4, 0.5) is 0 Å². The minimum absolute atomic E-state index is 0.812. The van der Waals surface area contributed by atoms with Gasteiger partial charge in [-0.05, 0) is 18.9 Å². The van der Waals surface area contributed by atoms with Crippen molar-refractivity contribution in [1.82, 2.24) is 0 Å². The van der Waals surface area contributed by atoms with E-state index >= 15 is 0 Å². The summed E-state index contributed by atoms with van der Waals surface area (Å²) in [7, 11) is 0. The molecule has 0 N–H and O–H groups in total. The Hall–Kier alpha value is -0.820. The molecule has 1 rings (SSSR count). The Morgan fingerprint density at radius 2 is 1.69 bits per heavy atom. The van der Waals surface area contributed by atoms with Crippen LogP contribution in [0, 0.1) is 0 Å². The molecule has 0 atom stereocenters. The number of benzene rings is 1. The molecule has 0 unspecified atom stereocenters. The lowest BCUT2D eigenvalue weighted by atomic mass is 10.2. The molecule has 0 aromatic heterocycles. The van der Waals surface area contributed by atoms with Gasteiger partial charge < -0.3 is 4.74 Å². The quantitative estimate of drug-likeness (QED) is 0.646. The monoisotopic (exact) mass is 180 g/mol. The van der Waals surface area contributed by atoms with Crippen LogP contribution < -0.4 is 0 Å².